The van der Waals surface area contributed by atoms with Crippen LogP contribution < -0.4 is 11.5 Å². The summed E-state index contributed by atoms with van der Waals surface area (Å²) in [5, 5.41) is 1.45. The second-order valence-corrected chi connectivity index (χ2v) is 5.37. The summed E-state index contributed by atoms with van der Waals surface area (Å²) < 4.78 is 1.95. The Balaban J connectivity index is 2.31. The fraction of sp³-hybridized carbons (Fsp3) is 0.200. The number of carbonyl (C=O) groups is 1. The second-order valence-electron chi connectivity index (χ2n) is 4.97. The number of nitrogens with zero attached hydrogens (tertiary/aromatic N) is 2. The van der Waals surface area contributed by atoms with Crippen molar-refractivity contribution in [3.05, 3.63) is 40.6 Å². The van der Waals surface area contributed by atoms with E-state index in [-0.39, 0.29) is 5.96 Å². The summed E-state index contributed by atoms with van der Waals surface area (Å²) in [5.41, 5.74) is 13.1. The summed E-state index contributed by atoms with van der Waals surface area (Å²) in [6.07, 6.45) is 6.09. The highest BCUT2D eigenvalue weighted by atomic mass is 35.5. The first-order chi connectivity index (χ1) is 10.1. The van der Waals surface area contributed by atoms with E-state index in [4.69, 9.17) is 23.1 Å². The predicted molar refractivity (Wildman–Crippen MR) is 85.4 cm³/mol. The van der Waals surface area contributed by atoms with Crippen LogP contribution >= 0.6 is 11.6 Å². The Labute approximate surface area is 126 Å². The Hall–Kier alpha value is -2.27. The van der Waals surface area contributed by atoms with Gasteiger partial charge in [-0.3, -0.25) is 4.79 Å². The van der Waals surface area contributed by atoms with Crippen LogP contribution in [0.4, 0.5) is 0 Å². The molecule has 2 aromatic rings. The molecule has 3 rings (SSSR count). The molecular weight excluding hydrogens is 288 g/mol. The number of hydrogen-bond acceptors (Lipinski definition) is 1. The zero-order valence-electron chi connectivity index (χ0n) is 11.3. The molecule has 2 heterocycles. The lowest BCUT2D eigenvalue weighted by Gasteiger charge is -2.12. The van der Waals surface area contributed by atoms with Crippen LogP contribution in [0.25, 0.3) is 17.0 Å². The van der Waals surface area contributed by atoms with Crippen molar-refractivity contribution in [1.29, 1.82) is 0 Å². The minimum Gasteiger partial charge on any atom is -0.370 e. The molecule has 0 atom stereocenters. The first-order valence-corrected chi connectivity index (χ1v) is 7.08. The van der Waals surface area contributed by atoms with Crippen LogP contribution in [0.3, 0.4) is 0 Å². The van der Waals surface area contributed by atoms with Gasteiger partial charge >= 0.3 is 0 Å². The molecule has 0 radical (unpaired) electrons. The lowest BCUT2D eigenvalue weighted by atomic mass is 10.1. The van der Waals surface area contributed by atoms with Gasteiger partial charge in [0.2, 0.25) is 0 Å². The molecule has 1 aromatic carbocycles. The van der Waals surface area contributed by atoms with Crippen LogP contribution in [0.5, 0.6) is 0 Å². The van der Waals surface area contributed by atoms with E-state index in [9.17, 15) is 4.79 Å². The largest absolute Gasteiger partial charge is 0.370 e. The summed E-state index contributed by atoms with van der Waals surface area (Å²) in [6, 6.07) is 5.55. The monoisotopic (exact) mass is 302 g/mol. The van der Waals surface area contributed by atoms with E-state index in [1.807, 2.05) is 16.7 Å². The number of rotatable bonds is 1. The van der Waals surface area contributed by atoms with Crippen molar-refractivity contribution in [3.63, 3.8) is 0 Å². The molecule has 1 aliphatic rings. The van der Waals surface area contributed by atoms with Gasteiger partial charge in [-0.1, -0.05) is 29.8 Å². The second kappa shape index (κ2) is 5.26. The van der Waals surface area contributed by atoms with Crippen LogP contribution in [0.15, 0.2) is 29.3 Å². The summed E-state index contributed by atoms with van der Waals surface area (Å²) in [5.74, 6) is -0.687. The van der Waals surface area contributed by atoms with Gasteiger partial charge in [0.05, 0.1) is 10.5 Å². The first kappa shape index (κ1) is 13.7. The predicted octanol–water partition coefficient (Wildman–Crippen LogP) is 2.52. The third-order valence-electron chi connectivity index (χ3n) is 3.54. The van der Waals surface area contributed by atoms with Crippen molar-refractivity contribution in [1.82, 2.24) is 4.57 Å². The van der Waals surface area contributed by atoms with Gasteiger partial charge < -0.3 is 16.0 Å². The number of hydrogen-bond donors (Lipinski definition) is 2. The maximum Gasteiger partial charge on any atom is 0.296 e. The molecule has 0 saturated heterocycles. The molecule has 0 aliphatic carbocycles. The summed E-state index contributed by atoms with van der Waals surface area (Å²) in [4.78, 5) is 15.9. The van der Waals surface area contributed by atoms with E-state index in [1.165, 1.54) is 0 Å². The molecular formula is C15H15ClN4O. The van der Waals surface area contributed by atoms with E-state index in [0.717, 1.165) is 35.9 Å². The van der Waals surface area contributed by atoms with E-state index in [1.54, 1.807) is 6.07 Å². The highest BCUT2D eigenvalue weighted by Crippen LogP contribution is 2.32. The van der Waals surface area contributed by atoms with Gasteiger partial charge in [0, 0.05) is 11.9 Å². The summed E-state index contributed by atoms with van der Waals surface area (Å²) >= 11 is 6.27. The van der Waals surface area contributed by atoms with E-state index >= 15 is 0 Å². The molecule has 1 amide bonds. The Morgan fingerprint density at radius 2 is 2.14 bits per heavy atom. The van der Waals surface area contributed by atoms with Crippen molar-refractivity contribution >= 4 is 40.4 Å². The minimum atomic E-state index is -0.447. The Morgan fingerprint density at radius 1 is 1.33 bits per heavy atom. The normalized spacial score (nSPS) is 15.3. The van der Waals surface area contributed by atoms with Gasteiger partial charge in [-0.25, -0.2) is 0 Å². The molecule has 1 aromatic heterocycles. The summed E-state index contributed by atoms with van der Waals surface area (Å²) in [7, 11) is 0. The number of allylic oxidation sites excluding steroid dienone is 1. The highest BCUT2D eigenvalue weighted by molar-refractivity contribution is 6.36. The van der Waals surface area contributed by atoms with Crippen molar-refractivity contribution in [2.75, 3.05) is 0 Å². The number of guanidine groups is 1. The Bertz CT molecular complexity index is 785. The number of aryl methyl sites for hydroxylation is 1. The number of aliphatic imine (C=N–C) groups is 1. The molecule has 0 saturated carbocycles. The number of nitrogens with two attached hydrogens (primary N) is 2. The first-order valence-electron chi connectivity index (χ1n) is 6.70. The minimum absolute atomic E-state index is 0.241. The fourth-order valence-electron chi connectivity index (χ4n) is 2.67. The maximum absolute atomic E-state index is 12.2. The van der Waals surface area contributed by atoms with Gasteiger partial charge in [-0.2, -0.15) is 4.99 Å². The van der Waals surface area contributed by atoms with Crippen molar-refractivity contribution in [2.24, 2.45) is 16.5 Å². The van der Waals surface area contributed by atoms with Gasteiger partial charge in [0.25, 0.3) is 5.91 Å². The quantitative estimate of drug-likeness (QED) is 0.627. The topological polar surface area (TPSA) is 86.4 Å². The number of halogens is 1. The third kappa shape index (κ3) is 2.40. The van der Waals surface area contributed by atoms with Crippen molar-refractivity contribution < 1.29 is 4.79 Å². The fourth-order valence-corrected chi connectivity index (χ4v) is 2.88. The van der Waals surface area contributed by atoms with Gasteiger partial charge in [-0.05, 0) is 30.5 Å². The van der Waals surface area contributed by atoms with Crippen LogP contribution in [-0.2, 0) is 6.54 Å². The van der Waals surface area contributed by atoms with Gasteiger partial charge in [0.15, 0.2) is 5.96 Å². The van der Waals surface area contributed by atoms with Crippen LogP contribution in [-0.4, -0.2) is 16.4 Å². The molecule has 0 bridgehead atoms. The average Bonchev–Trinajstić information content (AvgIpc) is 2.77. The lowest BCUT2D eigenvalue weighted by molar-refractivity contribution is 0.0994. The smallest absolute Gasteiger partial charge is 0.296 e. The van der Waals surface area contributed by atoms with Gasteiger partial charge in [-0.15, -0.1) is 0 Å². The third-order valence-corrected chi connectivity index (χ3v) is 3.87. The molecule has 5 nitrogen and oxygen atoms in total. The van der Waals surface area contributed by atoms with E-state index < -0.39 is 5.91 Å². The molecule has 6 heteroatoms. The molecule has 0 unspecified atom stereocenters. The number of amides is 1. The molecule has 21 heavy (non-hydrogen) atoms. The summed E-state index contributed by atoms with van der Waals surface area (Å²) in [6.45, 7) is 0.724. The van der Waals surface area contributed by atoms with Gasteiger partial charge in [0.1, 0.15) is 5.69 Å². The van der Waals surface area contributed by atoms with E-state index in [2.05, 4.69) is 17.1 Å². The average molecular weight is 303 g/mol. The number of carbonyl (C=O) groups excluding carboxylic acids is 1. The van der Waals surface area contributed by atoms with Crippen molar-refractivity contribution in [2.45, 2.75) is 19.4 Å². The number of aromatic nitrogens is 1. The van der Waals surface area contributed by atoms with Crippen LogP contribution in [0.1, 0.15) is 28.9 Å². The zero-order valence-corrected chi connectivity index (χ0v) is 12.1. The molecule has 0 fully saturated rings. The van der Waals surface area contributed by atoms with Crippen molar-refractivity contribution in [3.8, 4) is 0 Å². The van der Waals surface area contributed by atoms with Crippen LogP contribution in [0.2, 0.25) is 5.02 Å². The number of benzene rings is 1. The lowest BCUT2D eigenvalue weighted by Crippen LogP contribution is -2.24. The molecule has 108 valence electrons. The molecule has 0 spiro atoms. The highest BCUT2D eigenvalue weighted by Gasteiger charge is 2.19. The SMILES string of the molecule is NC(N)=NC(=O)c1cc2c(Cl)ccc3c2n1CCC/C=C\3. The molecule has 4 N–H and O–H groups in total. The van der Waals surface area contributed by atoms with E-state index in [0.29, 0.717) is 10.7 Å². The maximum atomic E-state index is 12.2. The standard InChI is InChI=1S/C15H15ClN4O/c16-11-6-5-9-4-2-1-3-7-20-12(8-10(11)13(9)20)14(21)19-15(17)18/h2,4-6,8H,1,3,7H2,(H4,17,18,19,21)/b4-2-. The Kier molecular flexibility index (Phi) is 3.43. The zero-order chi connectivity index (χ0) is 15.0. The molecule has 1 aliphatic heterocycles. The van der Waals surface area contributed by atoms with Crippen LogP contribution in [0, 0.1) is 0 Å². The Morgan fingerprint density at radius 3 is 2.90 bits per heavy atom.